The number of alkyl halides is 2. The second kappa shape index (κ2) is 7.20. The molecule has 7 heteroatoms. The van der Waals surface area contributed by atoms with E-state index in [2.05, 4.69) is 10.1 Å². The van der Waals surface area contributed by atoms with Gasteiger partial charge in [0.2, 0.25) is 0 Å². The molecule has 2 N–H and O–H groups in total. The molecule has 0 unspecified atom stereocenters. The minimum atomic E-state index is -2.95. The molecule has 0 atom stereocenters. The van der Waals surface area contributed by atoms with Crippen molar-refractivity contribution in [3.63, 3.8) is 0 Å². The Morgan fingerprint density at radius 3 is 2.50 bits per heavy atom. The fourth-order valence-corrected chi connectivity index (χ4v) is 1.66. The summed E-state index contributed by atoms with van der Waals surface area (Å²) < 4.78 is 34.0. The van der Waals surface area contributed by atoms with Crippen LogP contribution in [0.4, 0.5) is 19.3 Å². The normalized spacial score (nSPS) is 11.2. The number of carbonyl (C=O) groups is 1. The lowest BCUT2D eigenvalue weighted by atomic mass is 10.1. The van der Waals surface area contributed by atoms with Gasteiger partial charge in [-0.3, -0.25) is 5.32 Å². The number of ether oxygens (including phenoxy) is 2. The predicted molar refractivity (Wildman–Crippen MR) is 80.1 cm³/mol. The highest BCUT2D eigenvalue weighted by Gasteiger charge is 2.18. The average Bonchev–Trinajstić information content (AvgIpc) is 2.36. The van der Waals surface area contributed by atoms with Crippen LogP contribution in [0.25, 0.3) is 0 Å². The van der Waals surface area contributed by atoms with E-state index in [-0.39, 0.29) is 11.5 Å². The number of hydrogen-bond acceptors (Lipinski definition) is 4. The van der Waals surface area contributed by atoms with Crippen molar-refractivity contribution in [3.8, 4) is 5.75 Å². The van der Waals surface area contributed by atoms with Crippen molar-refractivity contribution in [2.45, 2.75) is 46.3 Å². The van der Waals surface area contributed by atoms with Crippen molar-refractivity contribution in [1.82, 2.24) is 0 Å². The highest BCUT2D eigenvalue weighted by Crippen LogP contribution is 2.25. The maximum Gasteiger partial charge on any atom is 0.412 e. The smallest absolute Gasteiger partial charge is 0.412 e. The zero-order chi connectivity index (χ0) is 16.9. The molecule has 1 aromatic rings. The molecule has 0 spiro atoms. The van der Waals surface area contributed by atoms with Crippen LogP contribution in [0.5, 0.6) is 5.75 Å². The van der Waals surface area contributed by atoms with E-state index in [1.54, 1.807) is 27.7 Å². The maximum atomic E-state index is 12.3. The van der Waals surface area contributed by atoms with Crippen molar-refractivity contribution in [3.05, 3.63) is 23.8 Å². The molecule has 0 aliphatic carbocycles. The molecule has 0 heterocycles. The van der Waals surface area contributed by atoms with E-state index in [0.717, 1.165) is 0 Å². The van der Waals surface area contributed by atoms with E-state index in [1.165, 1.54) is 18.2 Å². The monoisotopic (exact) mass is 314 g/mol. The summed E-state index contributed by atoms with van der Waals surface area (Å²) in [6.45, 7) is 3.97. The van der Waals surface area contributed by atoms with Gasteiger partial charge in [0.1, 0.15) is 11.4 Å². The molecule has 0 aliphatic rings. The first-order valence-electron chi connectivity index (χ1n) is 6.79. The summed E-state index contributed by atoms with van der Waals surface area (Å²) >= 11 is 0. The average molecular weight is 314 g/mol. The Balaban J connectivity index is 3.02. The number of rotatable bonds is 5. The van der Waals surface area contributed by atoms with Gasteiger partial charge in [0.15, 0.2) is 0 Å². The van der Waals surface area contributed by atoms with E-state index >= 15 is 0 Å². The third kappa shape index (κ3) is 5.67. The number of nitrogens with one attached hydrogen (secondary N) is 2. The lowest BCUT2D eigenvalue weighted by molar-refractivity contribution is -0.0498. The van der Waals surface area contributed by atoms with Gasteiger partial charge in [-0.15, -0.1) is 0 Å². The minimum absolute atomic E-state index is 0.0714. The van der Waals surface area contributed by atoms with E-state index in [1.807, 2.05) is 0 Å². The van der Waals surface area contributed by atoms with Crippen molar-refractivity contribution in [2.75, 3.05) is 5.32 Å². The lowest BCUT2D eigenvalue weighted by Crippen LogP contribution is -2.27. The Hall–Kier alpha value is -2.18. The summed E-state index contributed by atoms with van der Waals surface area (Å²) in [5, 5.41) is 10.4. The summed E-state index contributed by atoms with van der Waals surface area (Å²) in [5.74, 6) is -0.0714. The van der Waals surface area contributed by atoms with Gasteiger partial charge in [-0.2, -0.15) is 8.78 Å². The first-order valence-corrected chi connectivity index (χ1v) is 6.79. The van der Waals surface area contributed by atoms with Crippen LogP contribution in [-0.2, 0) is 4.74 Å². The van der Waals surface area contributed by atoms with Gasteiger partial charge in [-0.05, 0) is 45.4 Å². The fourth-order valence-electron chi connectivity index (χ4n) is 1.66. The van der Waals surface area contributed by atoms with Crippen LogP contribution >= 0.6 is 0 Å². The molecular weight excluding hydrogens is 294 g/mol. The van der Waals surface area contributed by atoms with Gasteiger partial charge in [-0.25, -0.2) is 4.79 Å². The SMILES string of the molecule is CCC(=N)c1cc(OC(F)F)ccc1NC(=O)OC(C)(C)C. The van der Waals surface area contributed by atoms with E-state index in [4.69, 9.17) is 10.1 Å². The largest absolute Gasteiger partial charge is 0.444 e. The predicted octanol–water partition coefficient (Wildman–Crippen LogP) is 4.41. The number of benzene rings is 1. The van der Waals surface area contributed by atoms with Gasteiger partial charge < -0.3 is 14.9 Å². The number of anilines is 1. The Kier molecular flexibility index (Phi) is 5.84. The third-order valence-corrected chi connectivity index (χ3v) is 2.53. The van der Waals surface area contributed by atoms with Crippen LogP contribution in [0, 0.1) is 5.41 Å². The Morgan fingerprint density at radius 1 is 1.36 bits per heavy atom. The molecule has 0 aliphatic heterocycles. The summed E-state index contributed by atoms with van der Waals surface area (Å²) in [6.07, 6.45) is -0.304. The quantitative estimate of drug-likeness (QED) is 0.791. The molecule has 0 fully saturated rings. The number of carbonyl (C=O) groups excluding carboxylic acids is 1. The second-order valence-corrected chi connectivity index (χ2v) is 5.54. The van der Waals surface area contributed by atoms with Crippen molar-refractivity contribution in [2.24, 2.45) is 0 Å². The van der Waals surface area contributed by atoms with Gasteiger partial charge in [0.05, 0.1) is 5.69 Å². The summed E-state index contributed by atoms with van der Waals surface area (Å²) in [4.78, 5) is 11.8. The minimum Gasteiger partial charge on any atom is -0.444 e. The maximum absolute atomic E-state index is 12.3. The number of hydrogen-bond donors (Lipinski definition) is 2. The molecule has 1 amide bonds. The summed E-state index contributed by atoms with van der Waals surface area (Å²) in [6, 6.07) is 4.00. The molecule has 22 heavy (non-hydrogen) atoms. The van der Waals surface area contributed by atoms with Crippen molar-refractivity contribution < 1.29 is 23.0 Å². The highest BCUT2D eigenvalue weighted by atomic mass is 19.3. The van der Waals surface area contributed by atoms with E-state index < -0.39 is 18.3 Å². The van der Waals surface area contributed by atoms with Gasteiger partial charge in [0, 0.05) is 11.3 Å². The molecule has 0 bridgehead atoms. The van der Waals surface area contributed by atoms with E-state index in [0.29, 0.717) is 17.7 Å². The zero-order valence-corrected chi connectivity index (χ0v) is 13.0. The van der Waals surface area contributed by atoms with Gasteiger partial charge >= 0.3 is 12.7 Å². The van der Waals surface area contributed by atoms with Gasteiger partial charge in [-0.1, -0.05) is 6.92 Å². The Bertz CT molecular complexity index is 554. The highest BCUT2D eigenvalue weighted by molar-refractivity contribution is 6.05. The zero-order valence-electron chi connectivity index (χ0n) is 13.0. The van der Waals surface area contributed by atoms with Crippen LogP contribution in [0.1, 0.15) is 39.7 Å². The van der Waals surface area contributed by atoms with E-state index in [9.17, 15) is 13.6 Å². The Labute approximate surface area is 128 Å². The first-order chi connectivity index (χ1) is 10.1. The van der Waals surface area contributed by atoms with Crippen LogP contribution < -0.4 is 10.1 Å². The Morgan fingerprint density at radius 2 is 2.00 bits per heavy atom. The van der Waals surface area contributed by atoms with Gasteiger partial charge in [0.25, 0.3) is 0 Å². The second-order valence-electron chi connectivity index (χ2n) is 5.54. The number of halogens is 2. The molecule has 0 saturated carbocycles. The molecule has 1 aromatic carbocycles. The fraction of sp³-hybridized carbons (Fsp3) is 0.467. The summed E-state index contributed by atoms with van der Waals surface area (Å²) in [5.41, 5.74) is 0.140. The molecule has 0 saturated heterocycles. The molecule has 122 valence electrons. The molecule has 1 rings (SSSR count). The standard InChI is InChI=1S/C15H20F2N2O3/c1-5-11(18)10-8-9(21-13(16)17)6-7-12(10)19-14(20)22-15(2,3)4/h6-8,13,18H,5H2,1-4H3,(H,19,20). The topological polar surface area (TPSA) is 71.4 Å². The lowest BCUT2D eigenvalue weighted by Gasteiger charge is -2.20. The van der Waals surface area contributed by atoms with Crippen molar-refractivity contribution in [1.29, 1.82) is 5.41 Å². The number of amides is 1. The van der Waals surface area contributed by atoms with Crippen molar-refractivity contribution >= 4 is 17.5 Å². The van der Waals surface area contributed by atoms with Crippen LogP contribution in [-0.4, -0.2) is 24.0 Å². The molecule has 0 radical (unpaired) electrons. The molecule has 5 nitrogen and oxygen atoms in total. The first kappa shape index (κ1) is 17.9. The van der Waals surface area contributed by atoms with Crippen LogP contribution in [0.15, 0.2) is 18.2 Å². The molecule has 0 aromatic heterocycles. The molecular formula is C15H20F2N2O3. The summed E-state index contributed by atoms with van der Waals surface area (Å²) in [7, 11) is 0. The third-order valence-electron chi connectivity index (χ3n) is 2.53. The van der Waals surface area contributed by atoms with Crippen LogP contribution in [0.2, 0.25) is 0 Å². The van der Waals surface area contributed by atoms with Crippen LogP contribution in [0.3, 0.4) is 0 Å².